The van der Waals surface area contributed by atoms with Gasteiger partial charge in [-0.25, -0.2) is 13.1 Å². The summed E-state index contributed by atoms with van der Waals surface area (Å²) < 4.78 is 25.9. The Labute approximate surface area is 119 Å². The highest BCUT2D eigenvalue weighted by Crippen LogP contribution is 2.42. The van der Waals surface area contributed by atoms with E-state index >= 15 is 0 Å². The zero-order valence-corrected chi connectivity index (χ0v) is 12.2. The third kappa shape index (κ3) is 3.58. The van der Waals surface area contributed by atoms with E-state index in [1.807, 2.05) is 24.3 Å². The van der Waals surface area contributed by atoms with Crippen molar-refractivity contribution in [2.45, 2.75) is 43.9 Å². The molecule has 0 heterocycles. The van der Waals surface area contributed by atoms with Gasteiger partial charge in [-0.2, -0.15) is 0 Å². The summed E-state index contributed by atoms with van der Waals surface area (Å²) in [7, 11) is -3.24. The van der Waals surface area contributed by atoms with Gasteiger partial charge in [0.2, 0.25) is 10.0 Å². The quantitative estimate of drug-likeness (QED) is 0.802. The number of aryl methyl sites for hydroxylation is 1. The van der Waals surface area contributed by atoms with Crippen LogP contribution in [-0.2, 0) is 27.8 Å². The third-order valence-electron chi connectivity index (χ3n) is 3.72. The van der Waals surface area contributed by atoms with Crippen molar-refractivity contribution in [3.8, 4) is 0 Å². The zero-order valence-electron chi connectivity index (χ0n) is 11.4. The SMILES string of the molecule is CC1(S(=O)(=O)NCc2ccc(CCC(=O)O)cc2)CC1. The first kappa shape index (κ1) is 15.0. The Morgan fingerprint density at radius 2 is 1.80 bits per heavy atom. The predicted molar refractivity (Wildman–Crippen MR) is 75.8 cm³/mol. The molecular weight excluding hydrogens is 278 g/mol. The van der Waals surface area contributed by atoms with E-state index in [9.17, 15) is 13.2 Å². The smallest absolute Gasteiger partial charge is 0.303 e. The number of carboxylic acids is 1. The van der Waals surface area contributed by atoms with Crippen LogP contribution in [0.15, 0.2) is 24.3 Å². The van der Waals surface area contributed by atoms with Crippen molar-refractivity contribution < 1.29 is 18.3 Å². The Hall–Kier alpha value is -1.40. The van der Waals surface area contributed by atoms with Crippen LogP contribution < -0.4 is 4.72 Å². The van der Waals surface area contributed by atoms with Crippen molar-refractivity contribution >= 4 is 16.0 Å². The van der Waals surface area contributed by atoms with Gasteiger partial charge >= 0.3 is 5.97 Å². The maximum atomic E-state index is 12.0. The van der Waals surface area contributed by atoms with Crippen molar-refractivity contribution in [3.63, 3.8) is 0 Å². The number of benzene rings is 1. The number of nitrogens with one attached hydrogen (secondary N) is 1. The normalized spacial score (nSPS) is 16.9. The van der Waals surface area contributed by atoms with E-state index < -0.39 is 20.7 Å². The summed E-state index contributed by atoms with van der Waals surface area (Å²) in [6.07, 6.45) is 2.02. The molecule has 0 bridgehead atoms. The number of hydrogen-bond donors (Lipinski definition) is 2. The molecule has 0 spiro atoms. The van der Waals surface area contributed by atoms with Gasteiger partial charge in [-0.05, 0) is 37.3 Å². The Bertz CT molecular complexity index is 588. The molecule has 5 nitrogen and oxygen atoms in total. The minimum atomic E-state index is -3.24. The summed E-state index contributed by atoms with van der Waals surface area (Å²) in [5.41, 5.74) is 1.81. The van der Waals surface area contributed by atoms with E-state index in [0.717, 1.165) is 24.0 Å². The minimum Gasteiger partial charge on any atom is -0.481 e. The Balaban J connectivity index is 1.89. The van der Waals surface area contributed by atoms with Crippen LogP contribution in [0.3, 0.4) is 0 Å². The fourth-order valence-electron chi connectivity index (χ4n) is 1.87. The van der Waals surface area contributed by atoms with Gasteiger partial charge in [0.15, 0.2) is 0 Å². The van der Waals surface area contributed by atoms with E-state index in [4.69, 9.17) is 5.11 Å². The minimum absolute atomic E-state index is 0.102. The molecule has 2 N–H and O–H groups in total. The van der Waals surface area contributed by atoms with Crippen LogP contribution in [0.2, 0.25) is 0 Å². The van der Waals surface area contributed by atoms with Crippen LogP contribution >= 0.6 is 0 Å². The largest absolute Gasteiger partial charge is 0.481 e. The highest BCUT2D eigenvalue weighted by Gasteiger charge is 2.49. The van der Waals surface area contributed by atoms with Crippen molar-refractivity contribution in [2.24, 2.45) is 0 Å². The molecule has 1 saturated carbocycles. The van der Waals surface area contributed by atoms with Gasteiger partial charge in [0, 0.05) is 13.0 Å². The van der Waals surface area contributed by atoms with Gasteiger partial charge in [-0.1, -0.05) is 24.3 Å². The van der Waals surface area contributed by atoms with Crippen molar-refractivity contribution in [1.82, 2.24) is 4.72 Å². The summed E-state index contributed by atoms with van der Waals surface area (Å²) >= 11 is 0. The van der Waals surface area contributed by atoms with E-state index in [0.29, 0.717) is 6.42 Å². The molecule has 1 aliphatic rings. The first-order valence-electron chi connectivity index (χ1n) is 6.61. The van der Waals surface area contributed by atoms with Crippen molar-refractivity contribution in [3.05, 3.63) is 35.4 Å². The Morgan fingerprint density at radius 3 is 2.30 bits per heavy atom. The summed E-state index contributed by atoms with van der Waals surface area (Å²) in [6, 6.07) is 7.33. The Morgan fingerprint density at radius 1 is 1.25 bits per heavy atom. The second-order valence-corrected chi connectivity index (χ2v) is 7.77. The topological polar surface area (TPSA) is 83.5 Å². The molecule has 0 unspecified atom stereocenters. The van der Waals surface area contributed by atoms with Crippen molar-refractivity contribution in [1.29, 1.82) is 0 Å². The standard InChI is InChI=1S/C14H19NO4S/c1-14(8-9-14)20(18,19)15-10-12-4-2-11(3-5-12)6-7-13(16)17/h2-5,15H,6-10H2,1H3,(H,16,17). The molecule has 20 heavy (non-hydrogen) atoms. The first-order valence-corrected chi connectivity index (χ1v) is 8.10. The molecule has 0 atom stereocenters. The molecule has 1 fully saturated rings. The van der Waals surface area contributed by atoms with Crippen LogP contribution in [0.4, 0.5) is 0 Å². The summed E-state index contributed by atoms with van der Waals surface area (Å²) in [5.74, 6) is -0.820. The van der Waals surface area contributed by atoms with Gasteiger partial charge < -0.3 is 5.11 Å². The number of sulfonamides is 1. The van der Waals surface area contributed by atoms with Gasteiger partial charge in [-0.3, -0.25) is 4.79 Å². The molecule has 2 rings (SSSR count). The van der Waals surface area contributed by atoms with Crippen LogP contribution in [-0.4, -0.2) is 24.2 Å². The van der Waals surface area contributed by atoms with Crippen molar-refractivity contribution in [2.75, 3.05) is 0 Å². The second-order valence-electron chi connectivity index (χ2n) is 5.48. The van der Waals surface area contributed by atoms with E-state index in [1.165, 1.54) is 0 Å². The number of carbonyl (C=O) groups is 1. The Kier molecular flexibility index (Phi) is 4.15. The summed E-state index contributed by atoms with van der Waals surface area (Å²) in [4.78, 5) is 10.5. The molecule has 6 heteroatoms. The molecule has 1 aromatic carbocycles. The van der Waals surface area contributed by atoms with Gasteiger partial charge in [0.1, 0.15) is 0 Å². The molecule has 0 radical (unpaired) electrons. The van der Waals surface area contributed by atoms with Crippen LogP contribution in [0.5, 0.6) is 0 Å². The monoisotopic (exact) mass is 297 g/mol. The first-order chi connectivity index (χ1) is 9.32. The fraction of sp³-hybridized carbons (Fsp3) is 0.500. The third-order valence-corrected chi connectivity index (χ3v) is 5.95. The molecule has 0 aromatic heterocycles. The molecule has 0 amide bonds. The van der Waals surface area contributed by atoms with E-state index in [1.54, 1.807) is 6.92 Å². The maximum Gasteiger partial charge on any atom is 0.303 e. The van der Waals surface area contributed by atoms with Gasteiger partial charge in [0.25, 0.3) is 0 Å². The average Bonchev–Trinajstić information content (AvgIpc) is 3.15. The average molecular weight is 297 g/mol. The molecule has 0 saturated heterocycles. The number of aliphatic carboxylic acids is 1. The lowest BCUT2D eigenvalue weighted by atomic mass is 10.1. The van der Waals surface area contributed by atoms with Crippen LogP contribution in [0, 0.1) is 0 Å². The lowest BCUT2D eigenvalue weighted by molar-refractivity contribution is -0.136. The molecule has 110 valence electrons. The maximum absolute atomic E-state index is 12.0. The van der Waals surface area contributed by atoms with E-state index in [2.05, 4.69) is 4.72 Å². The molecule has 1 aliphatic carbocycles. The highest BCUT2D eigenvalue weighted by molar-refractivity contribution is 7.91. The summed E-state index contributed by atoms with van der Waals surface area (Å²) in [5, 5.41) is 8.61. The lowest BCUT2D eigenvalue weighted by Crippen LogP contribution is -2.33. The molecule has 1 aromatic rings. The lowest BCUT2D eigenvalue weighted by Gasteiger charge is -2.12. The number of hydrogen-bond acceptors (Lipinski definition) is 3. The molecular formula is C14H19NO4S. The zero-order chi connectivity index (χ0) is 14.8. The van der Waals surface area contributed by atoms with E-state index in [-0.39, 0.29) is 13.0 Å². The van der Waals surface area contributed by atoms with Gasteiger partial charge in [0.05, 0.1) is 4.75 Å². The van der Waals surface area contributed by atoms with Gasteiger partial charge in [-0.15, -0.1) is 0 Å². The fourth-order valence-corrected chi connectivity index (χ4v) is 3.22. The predicted octanol–water partition coefficient (Wildman–Crippen LogP) is 1.68. The molecule has 0 aliphatic heterocycles. The number of carboxylic acid groups (broad SMARTS) is 1. The number of rotatable bonds is 7. The van der Waals surface area contributed by atoms with Crippen LogP contribution in [0.25, 0.3) is 0 Å². The highest BCUT2D eigenvalue weighted by atomic mass is 32.2. The second kappa shape index (κ2) is 5.54. The summed E-state index contributed by atoms with van der Waals surface area (Å²) in [6.45, 7) is 2.03. The van der Waals surface area contributed by atoms with Crippen LogP contribution in [0.1, 0.15) is 37.3 Å².